The standard InChI is InChI=1S/C18H28BrNS/c1-5-20-16-10-9-13(18(2,3)4)11-17(16)21-15-8-6-7-14(19)12-15/h6-8,12-13,16-17,20H,5,9-11H2,1-4H3. The Morgan fingerprint density at radius 3 is 2.67 bits per heavy atom. The van der Waals surface area contributed by atoms with Crippen molar-refractivity contribution < 1.29 is 0 Å². The summed E-state index contributed by atoms with van der Waals surface area (Å²) in [5, 5.41) is 4.39. The van der Waals surface area contributed by atoms with Crippen LogP contribution in [0.1, 0.15) is 47.0 Å². The molecule has 118 valence electrons. The van der Waals surface area contributed by atoms with Gasteiger partial charge in [0.25, 0.3) is 0 Å². The van der Waals surface area contributed by atoms with Gasteiger partial charge in [-0.15, -0.1) is 11.8 Å². The van der Waals surface area contributed by atoms with Crippen LogP contribution < -0.4 is 5.32 Å². The summed E-state index contributed by atoms with van der Waals surface area (Å²) >= 11 is 5.64. The third kappa shape index (κ3) is 5.01. The first kappa shape index (κ1) is 17.4. The lowest BCUT2D eigenvalue weighted by Gasteiger charge is -2.42. The molecule has 1 aromatic carbocycles. The Kier molecular flexibility index (Phi) is 6.22. The second kappa shape index (κ2) is 7.52. The second-order valence-electron chi connectivity index (χ2n) is 7.15. The minimum Gasteiger partial charge on any atom is -0.313 e. The monoisotopic (exact) mass is 369 g/mol. The Morgan fingerprint density at radius 2 is 2.05 bits per heavy atom. The quantitative estimate of drug-likeness (QED) is 0.726. The van der Waals surface area contributed by atoms with Crippen LogP contribution in [0, 0.1) is 11.3 Å². The van der Waals surface area contributed by atoms with Gasteiger partial charge >= 0.3 is 0 Å². The van der Waals surface area contributed by atoms with Gasteiger partial charge in [-0.2, -0.15) is 0 Å². The molecule has 2 rings (SSSR count). The smallest absolute Gasteiger partial charge is 0.0251 e. The third-order valence-electron chi connectivity index (χ3n) is 4.57. The molecule has 0 aromatic heterocycles. The van der Waals surface area contributed by atoms with Crippen LogP contribution in [0.4, 0.5) is 0 Å². The molecule has 0 spiro atoms. The molecule has 3 heteroatoms. The zero-order chi connectivity index (χ0) is 15.5. The zero-order valence-corrected chi connectivity index (χ0v) is 16.1. The molecule has 1 N–H and O–H groups in total. The van der Waals surface area contributed by atoms with Gasteiger partial charge in [0.2, 0.25) is 0 Å². The SMILES string of the molecule is CCNC1CCC(C(C)(C)C)CC1Sc1cccc(Br)c1. The Morgan fingerprint density at radius 1 is 1.29 bits per heavy atom. The van der Waals surface area contributed by atoms with E-state index >= 15 is 0 Å². The number of thioether (sulfide) groups is 1. The molecule has 1 aliphatic rings. The molecule has 1 saturated carbocycles. The number of nitrogens with one attached hydrogen (secondary N) is 1. The number of halogens is 1. The van der Waals surface area contributed by atoms with E-state index in [2.05, 4.69) is 85.0 Å². The van der Waals surface area contributed by atoms with Crippen molar-refractivity contribution in [2.75, 3.05) is 6.54 Å². The maximum Gasteiger partial charge on any atom is 0.0251 e. The normalized spacial score (nSPS) is 26.8. The van der Waals surface area contributed by atoms with E-state index in [1.54, 1.807) is 0 Å². The summed E-state index contributed by atoms with van der Waals surface area (Å²) in [6.07, 6.45) is 3.98. The van der Waals surface area contributed by atoms with Gasteiger partial charge in [-0.1, -0.05) is 49.7 Å². The van der Waals surface area contributed by atoms with E-state index in [-0.39, 0.29) is 0 Å². The molecular formula is C18H28BrNS. The topological polar surface area (TPSA) is 12.0 Å². The average Bonchev–Trinajstić information content (AvgIpc) is 2.40. The molecule has 1 nitrogen and oxygen atoms in total. The minimum absolute atomic E-state index is 0.424. The van der Waals surface area contributed by atoms with Crippen LogP contribution in [-0.2, 0) is 0 Å². The molecule has 1 aromatic rings. The first-order chi connectivity index (χ1) is 9.90. The summed E-state index contributed by atoms with van der Waals surface area (Å²) in [5.74, 6) is 0.831. The maximum absolute atomic E-state index is 3.71. The second-order valence-corrected chi connectivity index (χ2v) is 9.38. The summed E-state index contributed by atoms with van der Waals surface area (Å²) in [5.41, 5.74) is 0.424. The minimum atomic E-state index is 0.424. The first-order valence-corrected chi connectivity index (χ1v) is 9.73. The summed E-state index contributed by atoms with van der Waals surface area (Å²) in [7, 11) is 0. The van der Waals surface area contributed by atoms with Gasteiger partial charge < -0.3 is 5.32 Å². The van der Waals surface area contributed by atoms with Crippen molar-refractivity contribution in [1.82, 2.24) is 5.32 Å². The van der Waals surface area contributed by atoms with Crippen LogP contribution in [0.2, 0.25) is 0 Å². The van der Waals surface area contributed by atoms with Gasteiger partial charge in [-0.25, -0.2) is 0 Å². The van der Waals surface area contributed by atoms with Crippen molar-refractivity contribution in [2.24, 2.45) is 11.3 Å². The Balaban J connectivity index is 2.10. The van der Waals surface area contributed by atoms with E-state index in [1.165, 1.54) is 28.6 Å². The molecule has 0 radical (unpaired) electrons. The molecule has 1 fully saturated rings. The summed E-state index contributed by atoms with van der Waals surface area (Å²) in [6, 6.07) is 9.37. The maximum atomic E-state index is 3.71. The fraction of sp³-hybridized carbons (Fsp3) is 0.667. The average molecular weight is 370 g/mol. The molecule has 0 amide bonds. The van der Waals surface area contributed by atoms with E-state index in [1.807, 2.05) is 0 Å². The molecule has 3 unspecified atom stereocenters. The van der Waals surface area contributed by atoms with Crippen LogP contribution in [-0.4, -0.2) is 17.8 Å². The molecule has 0 heterocycles. The summed E-state index contributed by atoms with van der Waals surface area (Å²) in [4.78, 5) is 1.38. The van der Waals surface area contributed by atoms with E-state index < -0.39 is 0 Å². The fourth-order valence-corrected chi connectivity index (χ4v) is 5.23. The Labute approximate surface area is 142 Å². The number of benzene rings is 1. The van der Waals surface area contributed by atoms with Gasteiger partial charge in [0.1, 0.15) is 0 Å². The van der Waals surface area contributed by atoms with Crippen molar-refractivity contribution in [3.8, 4) is 0 Å². The fourth-order valence-electron chi connectivity index (χ4n) is 3.26. The predicted molar refractivity (Wildman–Crippen MR) is 98.0 cm³/mol. The highest BCUT2D eigenvalue weighted by Gasteiger charge is 2.35. The van der Waals surface area contributed by atoms with E-state index in [9.17, 15) is 0 Å². The largest absolute Gasteiger partial charge is 0.313 e. The lowest BCUT2D eigenvalue weighted by molar-refractivity contribution is 0.165. The Bertz CT molecular complexity index is 455. The molecule has 21 heavy (non-hydrogen) atoms. The molecular weight excluding hydrogens is 342 g/mol. The lowest BCUT2D eigenvalue weighted by Crippen LogP contribution is -2.44. The van der Waals surface area contributed by atoms with Crippen LogP contribution in [0.5, 0.6) is 0 Å². The highest BCUT2D eigenvalue weighted by molar-refractivity contribution is 9.10. The molecule has 3 atom stereocenters. The number of hydrogen-bond acceptors (Lipinski definition) is 2. The van der Waals surface area contributed by atoms with Gasteiger partial charge in [-0.3, -0.25) is 0 Å². The van der Waals surface area contributed by atoms with Gasteiger partial charge in [0.15, 0.2) is 0 Å². The van der Waals surface area contributed by atoms with Crippen LogP contribution in [0.25, 0.3) is 0 Å². The summed E-state index contributed by atoms with van der Waals surface area (Å²) < 4.78 is 1.18. The van der Waals surface area contributed by atoms with Crippen LogP contribution in [0.15, 0.2) is 33.6 Å². The third-order valence-corrected chi connectivity index (χ3v) is 6.41. The Hall–Kier alpha value is 0.01000. The van der Waals surface area contributed by atoms with Gasteiger partial charge in [0.05, 0.1) is 0 Å². The van der Waals surface area contributed by atoms with E-state index in [0.717, 1.165) is 12.5 Å². The number of hydrogen-bond donors (Lipinski definition) is 1. The van der Waals surface area contributed by atoms with Crippen LogP contribution >= 0.6 is 27.7 Å². The molecule has 0 aliphatic heterocycles. The van der Waals surface area contributed by atoms with Crippen molar-refractivity contribution in [3.05, 3.63) is 28.7 Å². The van der Waals surface area contributed by atoms with Crippen molar-refractivity contribution in [3.63, 3.8) is 0 Å². The lowest BCUT2D eigenvalue weighted by atomic mass is 9.71. The zero-order valence-electron chi connectivity index (χ0n) is 13.7. The number of rotatable bonds is 4. The van der Waals surface area contributed by atoms with Gasteiger partial charge in [0, 0.05) is 20.7 Å². The highest BCUT2D eigenvalue weighted by atomic mass is 79.9. The first-order valence-electron chi connectivity index (χ1n) is 8.05. The molecule has 1 aliphatic carbocycles. The van der Waals surface area contributed by atoms with Crippen molar-refractivity contribution in [2.45, 2.75) is 63.1 Å². The molecule has 0 bridgehead atoms. The van der Waals surface area contributed by atoms with E-state index in [0.29, 0.717) is 16.7 Å². The van der Waals surface area contributed by atoms with Gasteiger partial charge in [-0.05, 0) is 55.3 Å². The molecule has 0 saturated heterocycles. The highest BCUT2D eigenvalue weighted by Crippen LogP contribution is 2.43. The van der Waals surface area contributed by atoms with Crippen molar-refractivity contribution in [1.29, 1.82) is 0 Å². The predicted octanol–water partition coefficient (Wildman–Crippen LogP) is 5.73. The van der Waals surface area contributed by atoms with Crippen molar-refractivity contribution >= 4 is 27.7 Å². The van der Waals surface area contributed by atoms with Crippen LogP contribution in [0.3, 0.4) is 0 Å². The van der Waals surface area contributed by atoms with E-state index in [4.69, 9.17) is 0 Å². The summed E-state index contributed by atoms with van der Waals surface area (Å²) in [6.45, 7) is 10.5.